The van der Waals surface area contributed by atoms with E-state index in [0.717, 1.165) is 15.6 Å². The molecular weight excluding hydrogens is 377 g/mol. The van der Waals surface area contributed by atoms with Crippen molar-refractivity contribution in [3.8, 4) is 5.75 Å². The van der Waals surface area contributed by atoms with Crippen LogP contribution in [-0.4, -0.2) is 0 Å². The summed E-state index contributed by atoms with van der Waals surface area (Å²) in [6.07, 6.45) is 0. The molecule has 0 aromatic heterocycles. The van der Waals surface area contributed by atoms with Gasteiger partial charge in [0.1, 0.15) is 18.2 Å². The molecule has 0 aliphatic heterocycles. The molecule has 0 radical (unpaired) electrons. The van der Waals surface area contributed by atoms with Crippen molar-refractivity contribution in [2.75, 3.05) is 0 Å². The van der Waals surface area contributed by atoms with Crippen LogP contribution in [0.1, 0.15) is 11.1 Å². The van der Waals surface area contributed by atoms with Crippen LogP contribution in [0.25, 0.3) is 0 Å². The molecule has 0 saturated heterocycles. The minimum Gasteiger partial charge on any atom is -0.488 e. The second kappa shape index (κ2) is 6.50. The van der Waals surface area contributed by atoms with Crippen molar-refractivity contribution in [3.05, 3.63) is 62.3 Å². The largest absolute Gasteiger partial charge is 0.488 e. The second-order valence-corrected chi connectivity index (χ2v) is 5.70. The van der Waals surface area contributed by atoms with E-state index < -0.39 is 0 Å². The van der Waals surface area contributed by atoms with Crippen molar-refractivity contribution >= 4 is 31.9 Å². The first-order chi connectivity index (χ1) is 9.10. The normalized spacial score (nSPS) is 10.5. The molecule has 0 amide bonds. The van der Waals surface area contributed by atoms with Gasteiger partial charge in [0, 0.05) is 16.6 Å². The van der Waals surface area contributed by atoms with Gasteiger partial charge in [0.25, 0.3) is 0 Å². The third kappa shape index (κ3) is 3.78. The molecular formula is C14H12Br2FNO. The number of ether oxygens (including phenoxy) is 1. The number of rotatable bonds is 4. The van der Waals surface area contributed by atoms with Gasteiger partial charge in [-0.25, -0.2) is 4.39 Å². The van der Waals surface area contributed by atoms with Crippen molar-refractivity contribution in [1.82, 2.24) is 0 Å². The van der Waals surface area contributed by atoms with Gasteiger partial charge < -0.3 is 10.5 Å². The molecule has 0 saturated carbocycles. The summed E-state index contributed by atoms with van der Waals surface area (Å²) in [5, 5.41) is 0. The molecule has 0 fully saturated rings. The van der Waals surface area contributed by atoms with E-state index in [4.69, 9.17) is 10.5 Å². The molecule has 100 valence electrons. The highest BCUT2D eigenvalue weighted by molar-refractivity contribution is 9.10. The Balaban J connectivity index is 2.10. The van der Waals surface area contributed by atoms with E-state index in [1.807, 2.05) is 18.2 Å². The first-order valence-electron chi connectivity index (χ1n) is 5.65. The quantitative estimate of drug-likeness (QED) is 0.842. The van der Waals surface area contributed by atoms with Crippen LogP contribution in [0.15, 0.2) is 45.3 Å². The predicted molar refractivity (Wildman–Crippen MR) is 80.5 cm³/mol. The third-order valence-electron chi connectivity index (χ3n) is 2.63. The topological polar surface area (TPSA) is 35.2 Å². The van der Waals surface area contributed by atoms with Crippen LogP contribution in [0, 0.1) is 5.82 Å². The number of nitrogens with two attached hydrogens (primary N) is 1. The fourth-order valence-electron chi connectivity index (χ4n) is 1.58. The van der Waals surface area contributed by atoms with E-state index in [9.17, 15) is 4.39 Å². The zero-order valence-corrected chi connectivity index (χ0v) is 13.2. The third-order valence-corrected chi connectivity index (χ3v) is 3.99. The molecule has 2 aromatic carbocycles. The monoisotopic (exact) mass is 387 g/mol. The molecule has 2 N–H and O–H groups in total. The maximum atomic E-state index is 13.0. The van der Waals surface area contributed by atoms with E-state index in [-0.39, 0.29) is 5.82 Å². The zero-order valence-electron chi connectivity index (χ0n) is 10.00. The van der Waals surface area contributed by atoms with Crippen molar-refractivity contribution in [1.29, 1.82) is 0 Å². The molecule has 0 aliphatic rings. The van der Waals surface area contributed by atoms with Gasteiger partial charge in [0.2, 0.25) is 0 Å². The first-order valence-corrected chi connectivity index (χ1v) is 7.24. The summed E-state index contributed by atoms with van der Waals surface area (Å²) in [4.78, 5) is 0. The maximum Gasteiger partial charge on any atom is 0.134 e. The van der Waals surface area contributed by atoms with E-state index in [1.54, 1.807) is 6.07 Å². The van der Waals surface area contributed by atoms with Crippen LogP contribution >= 0.6 is 31.9 Å². The van der Waals surface area contributed by atoms with Gasteiger partial charge in [0.05, 0.1) is 4.47 Å². The fourth-order valence-corrected chi connectivity index (χ4v) is 2.59. The smallest absolute Gasteiger partial charge is 0.134 e. The molecule has 2 aromatic rings. The molecule has 0 spiro atoms. The van der Waals surface area contributed by atoms with Gasteiger partial charge in [0.15, 0.2) is 0 Å². The van der Waals surface area contributed by atoms with Crippen molar-refractivity contribution in [2.24, 2.45) is 5.73 Å². The molecule has 0 aliphatic carbocycles. The van der Waals surface area contributed by atoms with Crippen molar-refractivity contribution < 1.29 is 9.13 Å². The van der Waals surface area contributed by atoms with Crippen LogP contribution in [0.2, 0.25) is 0 Å². The van der Waals surface area contributed by atoms with E-state index in [2.05, 4.69) is 31.9 Å². The highest BCUT2D eigenvalue weighted by atomic mass is 79.9. The van der Waals surface area contributed by atoms with Crippen LogP contribution in [0.4, 0.5) is 4.39 Å². The lowest BCUT2D eigenvalue weighted by Gasteiger charge is -2.10. The minimum absolute atomic E-state index is 0.298. The van der Waals surface area contributed by atoms with Gasteiger partial charge in [-0.1, -0.05) is 28.1 Å². The van der Waals surface area contributed by atoms with Crippen molar-refractivity contribution in [2.45, 2.75) is 13.2 Å². The summed E-state index contributed by atoms with van der Waals surface area (Å²) in [6, 6.07) is 10.2. The molecule has 2 rings (SSSR count). The summed E-state index contributed by atoms with van der Waals surface area (Å²) in [5.41, 5.74) is 7.64. The van der Waals surface area contributed by atoms with Crippen LogP contribution < -0.4 is 10.5 Å². The minimum atomic E-state index is -0.298. The maximum absolute atomic E-state index is 13.0. The van der Waals surface area contributed by atoms with Gasteiger partial charge in [-0.05, 0) is 45.8 Å². The first kappa shape index (κ1) is 14.5. The molecule has 5 heteroatoms. The highest BCUT2D eigenvalue weighted by Crippen LogP contribution is 2.27. The van der Waals surface area contributed by atoms with Crippen LogP contribution in [0.5, 0.6) is 5.75 Å². The predicted octanol–water partition coefficient (Wildman–Crippen LogP) is 4.39. The lowest BCUT2D eigenvalue weighted by molar-refractivity contribution is 0.303. The zero-order chi connectivity index (χ0) is 13.8. The van der Waals surface area contributed by atoms with Gasteiger partial charge in [-0.2, -0.15) is 0 Å². The number of hydrogen-bond acceptors (Lipinski definition) is 2. The fraction of sp³-hybridized carbons (Fsp3) is 0.143. The Morgan fingerprint density at radius 3 is 2.47 bits per heavy atom. The van der Waals surface area contributed by atoms with Gasteiger partial charge in [-0.15, -0.1) is 0 Å². The highest BCUT2D eigenvalue weighted by Gasteiger charge is 2.05. The molecule has 0 unspecified atom stereocenters. The SMILES string of the molecule is NCc1ccc(COc2ccc(F)cc2Br)c(Br)c1. The summed E-state index contributed by atoms with van der Waals surface area (Å²) in [5.74, 6) is 0.309. The summed E-state index contributed by atoms with van der Waals surface area (Å²) >= 11 is 6.75. The van der Waals surface area contributed by atoms with E-state index >= 15 is 0 Å². The number of hydrogen-bond donors (Lipinski definition) is 1. The summed E-state index contributed by atoms with van der Waals surface area (Å²) < 4.78 is 20.2. The molecule has 2 nitrogen and oxygen atoms in total. The summed E-state index contributed by atoms with van der Waals surface area (Å²) in [6.45, 7) is 0.902. The van der Waals surface area contributed by atoms with Crippen molar-refractivity contribution in [3.63, 3.8) is 0 Å². The lowest BCUT2D eigenvalue weighted by atomic mass is 10.1. The molecule has 0 atom stereocenters. The van der Waals surface area contributed by atoms with Crippen LogP contribution in [0.3, 0.4) is 0 Å². The Kier molecular flexibility index (Phi) is 4.96. The molecule has 0 heterocycles. The number of benzene rings is 2. The second-order valence-electron chi connectivity index (χ2n) is 3.99. The lowest BCUT2D eigenvalue weighted by Crippen LogP contribution is -2.00. The van der Waals surface area contributed by atoms with Gasteiger partial charge >= 0.3 is 0 Å². The van der Waals surface area contributed by atoms with Gasteiger partial charge in [-0.3, -0.25) is 0 Å². The average Bonchev–Trinajstić information content (AvgIpc) is 2.39. The Hall–Kier alpha value is -0.910. The Morgan fingerprint density at radius 1 is 1.05 bits per heavy atom. The van der Waals surface area contributed by atoms with Crippen LogP contribution in [-0.2, 0) is 13.2 Å². The van der Waals surface area contributed by atoms with E-state index in [0.29, 0.717) is 23.4 Å². The van der Waals surface area contributed by atoms with E-state index in [1.165, 1.54) is 12.1 Å². The summed E-state index contributed by atoms with van der Waals surface area (Å²) in [7, 11) is 0. The average molecular weight is 389 g/mol. The standard InChI is InChI=1S/C14H12Br2FNO/c15-12-5-9(7-18)1-2-10(12)8-19-14-4-3-11(17)6-13(14)16/h1-6H,7-8,18H2. The number of halogens is 3. The Bertz CT molecular complexity index is 590. The Morgan fingerprint density at radius 2 is 1.84 bits per heavy atom. The Labute approximate surface area is 128 Å². The molecule has 19 heavy (non-hydrogen) atoms. The molecule has 0 bridgehead atoms.